The summed E-state index contributed by atoms with van der Waals surface area (Å²) in [7, 11) is -3.70. The standard InChI is InChI=1S/C11H20N2O4S/c14-10(15)8-18(16,17)13-7-6-12-9-11(13)4-2-1-3-5-11/h12H,1-9H2,(H,14,15). The van der Waals surface area contributed by atoms with Crippen LogP contribution in [0.1, 0.15) is 32.1 Å². The molecule has 1 aliphatic heterocycles. The molecule has 0 amide bonds. The van der Waals surface area contributed by atoms with Gasteiger partial charge in [-0.3, -0.25) is 4.79 Å². The van der Waals surface area contributed by atoms with Gasteiger partial charge in [-0.2, -0.15) is 4.31 Å². The van der Waals surface area contributed by atoms with Gasteiger partial charge in [0.25, 0.3) is 0 Å². The summed E-state index contributed by atoms with van der Waals surface area (Å²) in [4.78, 5) is 10.7. The van der Waals surface area contributed by atoms with Gasteiger partial charge in [-0.1, -0.05) is 19.3 Å². The van der Waals surface area contributed by atoms with Crippen LogP contribution in [-0.4, -0.2) is 54.7 Å². The van der Waals surface area contributed by atoms with Gasteiger partial charge in [0.05, 0.1) is 0 Å². The molecule has 2 fully saturated rings. The van der Waals surface area contributed by atoms with Crippen LogP contribution < -0.4 is 5.32 Å². The number of sulfonamides is 1. The third-order valence-electron chi connectivity index (χ3n) is 3.90. The highest BCUT2D eigenvalue weighted by Gasteiger charge is 2.45. The SMILES string of the molecule is O=C(O)CS(=O)(=O)N1CCNCC12CCCCC2. The van der Waals surface area contributed by atoms with Crippen LogP contribution in [0, 0.1) is 0 Å². The van der Waals surface area contributed by atoms with E-state index in [0.717, 1.165) is 32.1 Å². The molecule has 1 saturated carbocycles. The summed E-state index contributed by atoms with van der Waals surface area (Å²) < 4.78 is 25.8. The van der Waals surface area contributed by atoms with Gasteiger partial charge in [-0.25, -0.2) is 8.42 Å². The molecule has 0 radical (unpaired) electrons. The van der Waals surface area contributed by atoms with Crippen LogP contribution in [0.15, 0.2) is 0 Å². The lowest BCUT2D eigenvalue weighted by molar-refractivity contribution is -0.134. The molecule has 1 spiro atoms. The van der Waals surface area contributed by atoms with Gasteiger partial charge in [-0.05, 0) is 12.8 Å². The average molecular weight is 276 g/mol. The van der Waals surface area contributed by atoms with Gasteiger partial charge in [0, 0.05) is 25.2 Å². The predicted molar refractivity (Wildman–Crippen MR) is 66.8 cm³/mol. The van der Waals surface area contributed by atoms with E-state index in [4.69, 9.17) is 5.11 Å². The van der Waals surface area contributed by atoms with E-state index in [1.807, 2.05) is 0 Å². The van der Waals surface area contributed by atoms with Crippen molar-refractivity contribution in [1.29, 1.82) is 0 Å². The number of carbonyl (C=O) groups is 1. The van der Waals surface area contributed by atoms with Crippen molar-refractivity contribution in [1.82, 2.24) is 9.62 Å². The molecule has 1 heterocycles. The number of hydrogen-bond acceptors (Lipinski definition) is 4. The van der Waals surface area contributed by atoms with E-state index in [1.165, 1.54) is 4.31 Å². The molecule has 6 nitrogen and oxygen atoms in total. The van der Waals surface area contributed by atoms with Crippen molar-refractivity contribution >= 4 is 16.0 Å². The first-order chi connectivity index (χ1) is 8.46. The van der Waals surface area contributed by atoms with E-state index in [-0.39, 0.29) is 5.54 Å². The average Bonchev–Trinajstić information content (AvgIpc) is 2.28. The summed E-state index contributed by atoms with van der Waals surface area (Å²) in [5, 5.41) is 12.0. The molecule has 2 N–H and O–H groups in total. The second-order valence-corrected chi connectivity index (χ2v) is 7.08. The Bertz CT molecular complexity index is 406. The number of carboxylic acids is 1. The Labute approximate surface area is 107 Å². The molecule has 18 heavy (non-hydrogen) atoms. The molecule has 0 unspecified atom stereocenters. The van der Waals surface area contributed by atoms with Crippen LogP contribution in [0.25, 0.3) is 0 Å². The Morgan fingerprint density at radius 1 is 1.28 bits per heavy atom. The van der Waals surface area contributed by atoms with Gasteiger partial charge in [0.15, 0.2) is 5.75 Å². The molecule has 0 aromatic rings. The second-order valence-electron chi connectivity index (χ2n) is 5.18. The van der Waals surface area contributed by atoms with E-state index < -0.39 is 21.7 Å². The van der Waals surface area contributed by atoms with E-state index in [9.17, 15) is 13.2 Å². The van der Waals surface area contributed by atoms with Crippen molar-refractivity contribution < 1.29 is 18.3 Å². The first kappa shape index (κ1) is 13.8. The first-order valence-electron chi connectivity index (χ1n) is 6.39. The molecule has 0 aromatic heterocycles. The smallest absolute Gasteiger partial charge is 0.320 e. The first-order valence-corrected chi connectivity index (χ1v) is 8.00. The van der Waals surface area contributed by atoms with Gasteiger partial charge in [-0.15, -0.1) is 0 Å². The van der Waals surface area contributed by atoms with Crippen molar-refractivity contribution in [2.45, 2.75) is 37.6 Å². The quantitative estimate of drug-likeness (QED) is 0.758. The van der Waals surface area contributed by atoms with E-state index >= 15 is 0 Å². The summed E-state index contributed by atoms with van der Waals surface area (Å²) in [6.45, 7) is 1.63. The number of hydrogen-bond donors (Lipinski definition) is 2. The summed E-state index contributed by atoms with van der Waals surface area (Å²) in [6, 6.07) is 0. The fraction of sp³-hybridized carbons (Fsp3) is 0.909. The summed E-state index contributed by atoms with van der Waals surface area (Å²) in [6.07, 6.45) is 4.83. The molecule has 0 atom stereocenters. The van der Waals surface area contributed by atoms with Crippen LogP contribution in [0.2, 0.25) is 0 Å². The van der Waals surface area contributed by atoms with Gasteiger partial charge < -0.3 is 10.4 Å². The Morgan fingerprint density at radius 2 is 1.94 bits per heavy atom. The van der Waals surface area contributed by atoms with Crippen LogP contribution in [0.4, 0.5) is 0 Å². The topological polar surface area (TPSA) is 86.7 Å². The minimum absolute atomic E-state index is 0.384. The normalized spacial score (nSPS) is 25.1. The molecular weight excluding hydrogens is 256 g/mol. The highest BCUT2D eigenvalue weighted by molar-refractivity contribution is 7.89. The van der Waals surface area contributed by atoms with Crippen LogP contribution in [0.5, 0.6) is 0 Å². The third kappa shape index (κ3) is 2.67. The number of nitrogens with zero attached hydrogens (tertiary/aromatic N) is 1. The van der Waals surface area contributed by atoms with Crippen molar-refractivity contribution in [3.63, 3.8) is 0 Å². The van der Waals surface area contributed by atoms with Crippen molar-refractivity contribution in [2.75, 3.05) is 25.4 Å². The summed E-state index contributed by atoms with van der Waals surface area (Å²) >= 11 is 0. The Hall–Kier alpha value is -0.660. The highest BCUT2D eigenvalue weighted by Crippen LogP contribution is 2.36. The zero-order chi connectivity index (χ0) is 13.2. The Kier molecular flexibility index (Phi) is 3.93. The largest absolute Gasteiger partial charge is 0.480 e. The summed E-state index contributed by atoms with van der Waals surface area (Å²) in [5.41, 5.74) is -0.384. The maximum absolute atomic E-state index is 12.2. The molecule has 1 saturated heterocycles. The van der Waals surface area contributed by atoms with Crippen molar-refractivity contribution in [2.24, 2.45) is 0 Å². The monoisotopic (exact) mass is 276 g/mol. The second kappa shape index (κ2) is 5.14. The number of carboxylic acid groups (broad SMARTS) is 1. The third-order valence-corrected chi connectivity index (χ3v) is 5.75. The van der Waals surface area contributed by atoms with Crippen LogP contribution >= 0.6 is 0 Å². The fourth-order valence-corrected chi connectivity index (χ4v) is 4.81. The number of piperazine rings is 1. The molecule has 0 bridgehead atoms. The summed E-state index contributed by atoms with van der Waals surface area (Å²) in [5.74, 6) is -2.08. The molecule has 2 rings (SSSR count). The number of rotatable bonds is 3. The minimum Gasteiger partial charge on any atom is -0.480 e. The van der Waals surface area contributed by atoms with Crippen molar-refractivity contribution in [3.8, 4) is 0 Å². The maximum atomic E-state index is 12.2. The predicted octanol–water partition coefficient (Wildman–Crippen LogP) is 0.00890. The number of nitrogens with one attached hydrogen (secondary N) is 1. The maximum Gasteiger partial charge on any atom is 0.320 e. The van der Waals surface area contributed by atoms with Crippen LogP contribution in [0.3, 0.4) is 0 Å². The van der Waals surface area contributed by atoms with Gasteiger partial charge in [0.1, 0.15) is 0 Å². The molecule has 0 aromatic carbocycles. The Balaban J connectivity index is 2.24. The lowest BCUT2D eigenvalue weighted by Gasteiger charge is -2.48. The molecule has 2 aliphatic rings. The van der Waals surface area contributed by atoms with E-state index in [1.54, 1.807) is 0 Å². The minimum atomic E-state index is -3.70. The molecular formula is C11H20N2O4S. The zero-order valence-electron chi connectivity index (χ0n) is 10.4. The van der Waals surface area contributed by atoms with E-state index in [2.05, 4.69) is 5.32 Å². The lowest BCUT2D eigenvalue weighted by atomic mass is 9.80. The Morgan fingerprint density at radius 3 is 2.56 bits per heavy atom. The lowest BCUT2D eigenvalue weighted by Crippen LogP contribution is -2.64. The molecule has 104 valence electrons. The van der Waals surface area contributed by atoms with E-state index in [0.29, 0.717) is 19.6 Å². The zero-order valence-corrected chi connectivity index (χ0v) is 11.2. The van der Waals surface area contributed by atoms with Crippen LogP contribution in [-0.2, 0) is 14.8 Å². The van der Waals surface area contributed by atoms with Gasteiger partial charge >= 0.3 is 5.97 Å². The number of aliphatic carboxylic acids is 1. The molecule has 1 aliphatic carbocycles. The van der Waals surface area contributed by atoms with Gasteiger partial charge in [0.2, 0.25) is 10.0 Å². The van der Waals surface area contributed by atoms with Crippen molar-refractivity contribution in [3.05, 3.63) is 0 Å². The fourth-order valence-electron chi connectivity index (χ4n) is 3.13. The highest BCUT2D eigenvalue weighted by atomic mass is 32.2. The molecule has 7 heteroatoms.